The maximum atomic E-state index is 13.2. The average Bonchev–Trinajstić information content (AvgIpc) is 3.30. The third kappa shape index (κ3) is 5.27. The van der Waals surface area contributed by atoms with E-state index >= 15 is 0 Å². The van der Waals surface area contributed by atoms with Crippen molar-refractivity contribution in [1.82, 2.24) is 4.90 Å². The van der Waals surface area contributed by atoms with Crippen LogP contribution in [0.1, 0.15) is 121 Å². The quantitative estimate of drug-likeness (QED) is 0.108. The SMILES string of the molecule is C=CCN1CC[C@]23c4c5ccc(OC(=O)CCCCCCCCCCCCCC)c4OC2C(=O)CC[C@@]3(O)C1C5. The van der Waals surface area contributed by atoms with Crippen LogP contribution < -0.4 is 9.47 Å². The predicted octanol–water partition coefficient (Wildman–Crippen LogP) is 6.59. The van der Waals surface area contributed by atoms with Crippen molar-refractivity contribution in [3.8, 4) is 11.5 Å². The number of carbonyl (C=O) groups is 2. The normalized spacial score (nSPS) is 28.2. The van der Waals surface area contributed by atoms with E-state index < -0.39 is 17.1 Å². The summed E-state index contributed by atoms with van der Waals surface area (Å²) >= 11 is 0. The molecular formula is C34H49NO5. The molecule has 4 aliphatic rings. The van der Waals surface area contributed by atoms with Crippen molar-refractivity contribution < 1.29 is 24.2 Å². The molecule has 6 nitrogen and oxygen atoms in total. The molecule has 2 unspecified atom stereocenters. The summed E-state index contributed by atoms with van der Waals surface area (Å²) in [6.45, 7) is 7.65. The van der Waals surface area contributed by atoms with Crippen LogP contribution in [0.5, 0.6) is 11.5 Å². The summed E-state index contributed by atoms with van der Waals surface area (Å²) in [5.41, 5.74) is 0.184. The van der Waals surface area contributed by atoms with Gasteiger partial charge in [0.25, 0.3) is 0 Å². The van der Waals surface area contributed by atoms with Crippen molar-refractivity contribution in [2.45, 2.75) is 139 Å². The van der Waals surface area contributed by atoms with E-state index in [-0.39, 0.29) is 17.8 Å². The fourth-order valence-corrected chi connectivity index (χ4v) is 8.15. The number of Topliss-reactive ketones (excluding diaryl/α,β-unsaturated/α-hetero) is 1. The van der Waals surface area contributed by atoms with Crippen LogP contribution in [0.25, 0.3) is 0 Å². The Hall–Kier alpha value is -2.18. The molecule has 4 atom stereocenters. The molecule has 2 bridgehead atoms. The number of carbonyl (C=O) groups excluding carboxylic acids is 2. The second-order valence-corrected chi connectivity index (χ2v) is 12.7. The number of hydrogen-bond acceptors (Lipinski definition) is 6. The molecule has 0 aromatic heterocycles. The van der Waals surface area contributed by atoms with Crippen molar-refractivity contribution in [2.75, 3.05) is 13.1 Å². The van der Waals surface area contributed by atoms with Crippen LogP contribution in [-0.2, 0) is 21.4 Å². The average molecular weight is 552 g/mol. The van der Waals surface area contributed by atoms with Crippen LogP contribution in [0.2, 0.25) is 0 Å². The number of aliphatic hydroxyl groups is 1. The van der Waals surface area contributed by atoms with E-state index in [1.54, 1.807) is 0 Å². The molecule has 1 aromatic rings. The van der Waals surface area contributed by atoms with Gasteiger partial charge < -0.3 is 14.6 Å². The Kier molecular flexibility index (Phi) is 9.36. The van der Waals surface area contributed by atoms with Crippen LogP contribution in [0.15, 0.2) is 24.8 Å². The standard InChI is InChI=1S/C34H49NO5/c1-3-5-6-7-8-9-10-11-12-13-14-15-16-29(37)39-27-18-17-25-24-28-34(38)20-19-26(36)32-33(34,30(25)31(27)40-32)21-23-35(28)22-4-2/h4,17-18,28,32,38H,2-3,5-16,19-24H2,1H3/t28?,32?,33-,34+/m0/s1. The molecule has 2 fully saturated rings. The van der Waals surface area contributed by atoms with E-state index in [0.29, 0.717) is 50.1 Å². The Labute approximate surface area is 240 Å². The van der Waals surface area contributed by atoms with Gasteiger partial charge in [-0.3, -0.25) is 14.5 Å². The largest absolute Gasteiger partial charge is 0.477 e. The van der Waals surface area contributed by atoms with E-state index in [1.165, 1.54) is 57.8 Å². The maximum absolute atomic E-state index is 13.2. The Morgan fingerprint density at radius 1 is 1.07 bits per heavy atom. The summed E-state index contributed by atoms with van der Waals surface area (Å²) in [5.74, 6) is 0.692. The summed E-state index contributed by atoms with van der Waals surface area (Å²) in [6, 6.07) is 3.75. The monoisotopic (exact) mass is 551 g/mol. The zero-order chi connectivity index (χ0) is 28.2. The molecule has 5 rings (SSSR count). The molecule has 0 radical (unpaired) electrons. The van der Waals surface area contributed by atoms with E-state index in [9.17, 15) is 14.7 Å². The predicted molar refractivity (Wildman–Crippen MR) is 157 cm³/mol. The van der Waals surface area contributed by atoms with Gasteiger partial charge in [-0.15, -0.1) is 6.58 Å². The zero-order valence-corrected chi connectivity index (χ0v) is 24.6. The first-order valence-corrected chi connectivity index (χ1v) is 16.1. The molecule has 1 saturated carbocycles. The minimum Gasteiger partial charge on any atom is -0.477 e. The smallest absolute Gasteiger partial charge is 0.311 e. The lowest BCUT2D eigenvalue weighted by Gasteiger charge is -2.62. The van der Waals surface area contributed by atoms with E-state index in [4.69, 9.17) is 9.47 Å². The van der Waals surface area contributed by atoms with Gasteiger partial charge >= 0.3 is 5.97 Å². The number of rotatable bonds is 16. The van der Waals surface area contributed by atoms with E-state index in [0.717, 1.165) is 36.9 Å². The third-order valence-electron chi connectivity index (χ3n) is 10.2. The topological polar surface area (TPSA) is 76.1 Å². The molecule has 0 amide bonds. The minimum absolute atomic E-state index is 0.0402. The summed E-state index contributed by atoms with van der Waals surface area (Å²) in [4.78, 5) is 28.3. The lowest BCUT2D eigenvalue weighted by Crippen LogP contribution is -2.76. The zero-order valence-electron chi connectivity index (χ0n) is 24.6. The van der Waals surface area contributed by atoms with Crippen LogP contribution in [-0.4, -0.2) is 52.6 Å². The minimum atomic E-state index is -1.05. The summed E-state index contributed by atoms with van der Waals surface area (Å²) in [5, 5.41) is 12.3. The first-order valence-electron chi connectivity index (χ1n) is 16.1. The number of likely N-dealkylation sites (tertiary alicyclic amines) is 1. The Morgan fingerprint density at radius 2 is 1.75 bits per heavy atom. The van der Waals surface area contributed by atoms with Gasteiger partial charge in [0, 0.05) is 37.5 Å². The highest BCUT2D eigenvalue weighted by atomic mass is 16.6. The fraction of sp³-hybridized carbons (Fsp3) is 0.706. The highest BCUT2D eigenvalue weighted by Gasteiger charge is 2.73. The van der Waals surface area contributed by atoms with Gasteiger partial charge in [0.1, 0.15) is 0 Å². The van der Waals surface area contributed by atoms with Gasteiger partial charge in [0.15, 0.2) is 23.4 Å². The number of unbranched alkanes of at least 4 members (excludes halogenated alkanes) is 11. The summed E-state index contributed by atoms with van der Waals surface area (Å²) < 4.78 is 12.2. The lowest BCUT2D eigenvalue weighted by molar-refractivity contribution is -0.187. The molecule has 1 aromatic carbocycles. The number of ether oxygens (including phenoxy) is 2. The molecule has 1 N–H and O–H groups in total. The number of nitrogens with zero attached hydrogens (tertiary/aromatic N) is 1. The molecule has 6 heteroatoms. The highest BCUT2D eigenvalue weighted by molar-refractivity contribution is 5.90. The summed E-state index contributed by atoms with van der Waals surface area (Å²) in [6.07, 6.45) is 18.6. The Balaban J connectivity index is 1.16. The number of ketones is 1. The molecular weight excluding hydrogens is 502 g/mol. The van der Waals surface area contributed by atoms with Crippen LogP contribution in [0.3, 0.4) is 0 Å². The number of esters is 1. The lowest BCUT2D eigenvalue weighted by atomic mass is 9.49. The Morgan fingerprint density at radius 3 is 2.42 bits per heavy atom. The van der Waals surface area contributed by atoms with Gasteiger partial charge in [-0.2, -0.15) is 0 Å². The molecule has 2 aliphatic carbocycles. The van der Waals surface area contributed by atoms with Gasteiger partial charge in [-0.25, -0.2) is 0 Å². The molecule has 2 aliphatic heterocycles. The van der Waals surface area contributed by atoms with Gasteiger partial charge in [-0.1, -0.05) is 89.7 Å². The van der Waals surface area contributed by atoms with Crippen LogP contribution in [0.4, 0.5) is 0 Å². The van der Waals surface area contributed by atoms with E-state index in [2.05, 4.69) is 18.4 Å². The second kappa shape index (κ2) is 12.8. The molecule has 2 heterocycles. The molecule has 220 valence electrons. The fourth-order valence-electron chi connectivity index (χ4n) is 8.15. The van der Waals surface area contributed by atoms with Gasteiger partial charge in [0.2, 0.25) is 0 Å². The van der Waals surface area contributed by atoms with Crippen LogP contribution >= 0.6 is 0 Å². The van der Waals surface area contributed by atoms with E-state index in [1.807, 2.05) is 18.2 Å². The first-order chi connectivity index (χ1) is 19.5. The second-order valence-electron chi connectivity index (χ2n) is 12.7. The van der Waals surface area contributed by atoms with Gasteiger partial charge in [0.05, 0.1) is 11.0 Å². The van der Waals surface area contributed by atoms with Crippen molar-refractivity contribution in [3.63, 3.8) is 0 Å². The molecule has 1 saturated heterocycles. The van der Waals surface area contributed by atoms with Crippen molar-refractivity contribution in [2.24, 2.45) is 0 Å². The number of piperidine rings is 1. The number of hydrogen-bond donors (Lipinski definition) is 1. The molecule has 40 heavy (non-hydrogen) atoms. The summed E-state index contributed by atoms with van der Waals surface area (Å²) in [7, 11) is 0. The van der Waals surface area contributed by atoms with Crippen molar-refractivity contribution in [1.29, 1.82) is 0 Å². The molecule has 1 spiro atoms. The number of benzene rings is 1. The van der Waals surface area contributed by atoms with Crippen LogP contribution in [0, 0.1) is 0 Å². The van der Waals surface area contributed by atoms with Crippen molar-refractivity contribution >= 4 is 11.8 Å². The first kappa shape index (κ1) is 29.3. The maximum Gasteiger partial charge on any atom is 0.311 e. The van der Waals surface area contributed by atoms with Crippen molar-refractivity contribution in [3.05, 3.63) is 35.9 Å². The van der Waals surface area contributed by atoms with Gasteiger partial charge in [-0.05, 0) is 37.3 Å². The highest BCUT2D eigenvalue weighted by Crippen LogP contribution is 2.64. The third-order valence-corrected chi connectivity index (χ3v) is 10.2. The Bertz CT molecular complexity index is 1080.